The first kappa shape index (κ1) is 20.7. The number of halogens is 1. The van der Waals surface area contributed by atoms with Crippen molar-refractivity contribution in [1.82, 2.24) is 4.31 Å². The molecule has 1 heterocycles. The van der Waals surface area contributed by atoms with Crippen molar-refractivity contribution in [1.29, 1.82) is 0 Å². The van der Waals surface area contributed by atoms with Gasteiger partial charge in [-0.05, 0) is 29.7 Å². The Hall–Kier alpha value is -2.61. The number of hydrogen-bond donors (Lipinski definition) is 1. The summed E-state index contributed by atoms with van der Waals surface area (Å²) in [4.78, 5) is 15.2. The van der Waals surface area contributed by atoms with Crippen LogP contribution in [-0.2, 0) is 10.0 Å². The third-order valence-corrected chi connectivity index (χ3v) is 6.95. The summed E-state index contributed by atoms with van der Waals surface area (Å²) in [7, 11) is -3.19. The molecule has 0 aliphatic carbocycles. The average molecular weight is 444 g/mol. The molecule has 1 N–H and O–H groups in total. The number of rotatable bonds is 4. The lowest BCUT2D eigenvalue weighted by atomic mass is 10.0. The molecule has 1 saturated heterocycles. The molecule has 156 valence electrons. The number of carbonyl (C=O) groups excluding carboxylic acids is 1. The molecule has 3 aromatic rings. The second-order valence-electron chi connectivity index (χ2n) is 7.26. The van der Waals surface area contributed by atoms with Crippen molar-refractivity contribution in [3.8, 4) is 0 Å². The van der Waals surface area contributed by atoms with Crippen LogP contribution in [0, 0.1) is 0 Å². The van der Waals surface area contributed by atoms with Crippen molar-refractivity contribution in [3.05, 3.63) is 71.2 Å². The van der Waals surface area contributed by atoms with Crippen molar-refractivity contribution >= 4 is 49.7 Å². The van der Waals surface area contributed by atoms with Gasteiger partial charge in [0.2, 0.25) is 10.0 Å². The fraction of sp³-hybridized carbons (Fsp3) is 0.227. The van der Waals surface area contributed by atoms with E-state index in [-0.39, 0.29) is 5.91 Å². The van der Waals surface area contributed by atoms with E-state index in [1.807, 2.05) is 48.5 Å². The van der Waals surface area contributed by atoms with Gasteiger partial charge >= 0.3 is 0 Å². The normalized spacial score (nSPS) is 15.3. The summed E-state index contributed by atoms with van der Waals surface area (Å²) in [6, 6.07) is 18.6. The van der Waals surface area contributed by atoms with Crippen LogP contribution >= 0.6 is 11.6 Å². The SMILES string of the molecule is CS(=O)(=O)N1CCN(c2ccccc2NC(=O)c2cccc3c(Cl)cccc23)CC1. The molecular formula is C22H22ClN3O3S. The Morgan fingerprint density at radius 3 is 2.30 bits per heavy atom. The molecule has 0 aromatic heterocycles. The summed E-state index contributed by atoms with van der Waals surface area (Å²) in [5.41, 5.74) is 2.11. The molecule has 4 rings (SSSR count). The van der Waals surface area contributed by atoms with Gasteiger partial charge in [0.15, 0.2) is 0 Å². The van der Waals surface area contributed by atoms with Crippen LogP contribution < -0.4 is 10.2 Å². The van der Waals surface area contributed by atoms with E-state index >= 15 is 0 Å². The highest BCUT2D eigenvalue weighted by Crippen LogP contribution is 2.30. The van der Waals surface area contributed by atoms with Gasteiger partial charge in [0, 0.05) is 42.2 Å². The van der Waals surface area contributed by atoms with Gasteiger partial charge in [-0.25, -0.2) is 8.42 Å². The first-order chi connectivity index (χ1) is 14.3. The summed E-state index contributed by atoms with van der Waals surface area (Å²) in [6.07, 6.45) is 1.23. The summed E-state index contributed by atoms with van der Waals surface area (Å²) in [5, 5.41) is 5.25. The minimum absolute atomic E-state index is 0.218. The van der Waals surface area contributed by atoms with Crippen LogP contribution in [0.15, 0.2) is 60.7 Å². The molecule has 8 heteroatoms. The second-order valence-corrected chi connectivity index (χ2v) is 9.65. The number of nitrogens with one attached hydrogen (secondary N) is 1. The quantitative estimate of drug-likeness (QED) is 0.665. The van der Waals surface area contributed by atoms with Crippen LogP contribution in [0.4, 0.5) is 11.4 Å². The smallest absolute Gasteiger partial charge is 0.256 e. The van der Waals surface area contributed by atoms with Crippen LogP contribution in [-0.4, -0.2) is 51.1 Å². The van der Waals surface area contributed by atoms with Gasteiger partial charge in [-0.15, -0.1) is 0 Å². The Morgan fingerprint density at radius 1 is 0.900 bits per heavy atom. The number of amides is 1. The molecule has 3 aromatic carbocycles. The van der Waals surface area contributed by atoms with Gasteiger partial charge in [0.05, 0.1) is 17.6 Å². The van der Waals surface area contributed by atoms with Gasteiger partial charge in [0.25, 0.3) is 5.91 Å². The van der Waals surface area contributed by atoms with Crippen LogP contribution in [0.2, 0.25) is 5.02 Å². The number of anilines is 2. The van der Waals surface area contributed by atoms with Crippen LogP contribution in [0.1, 0.15) is 10.4 Å². The van der Waals surface area contributed by atoms with E-state index in [4.69, 9.17) is 11.6 Å². The third kappa shape index (κ3) is 4.14. The maximum atomic E-state index is 13.1. The van der Waals surface area contributed by atoms with Crippen LogP contribution in [0.3, 0.4) is 0 Å². The third-order valence-electron chi connectivity index (χ3n) is 5.31. The maximum Gasteiger partial charge on any atom is 0.256 e. The summed E-state index contributed by atoms with van der Waals surface area (Å²) in [6.45, 7) is 1.96. The van der Waals surface area contributed by atoms with Crippen molar-refractivity contribution in [2.75, 3.05) is 42.7 Å². The molecule has 0 atom stereocenters. The summed E-state index contributed by atoms with van der Waals surface area (Å²) >= 11 is 6.28. The molecule has 0 unspecified atom stereocenters. The number of para-hydroxylation sites is 2. The molecule has 1 aliphatic heterocycles. The highest BCUT2D eigenvalue weighted by Gasteiger charge is 2.25. The van der Waals surface area contributed by atoms with E-state index in [1.165, 1.54) is 10.6 Å². The van der Waals surface area contributed by atoms with Crippen molar-refractivity contribution in [2.24, 2.45) is 0 Å². The van der Waals surface area contributed by atoms with E-state index in [0.717, 1.165) is 16.5 Å². The Morgan fingerprint density at radius 2 is 1.57 bits per heavy atom. The van der Waals surface area contributed by atoms with Crippen molar-refractivity contribution in [2.45, 2.75) is 0 Å². The Balaban J connectivity index is 1.59. The van der Waals surface area contributed by atoms with E-state index in [9.17, 15) is 13.2 Å². The number of sulfonamides is 1. The highest BCUT2D eigenvalue weighted by atomic mass is 35.5. The highest BCUT2D eigenvalue weighted by molar-refractivity contribution is 7.88. The molecule has 1 aliphatic rings. The fourth-order valence-corrected chi connectivity index (χ4v) is 4.84. The standard InChI is InChI=1S/C22H22ClN3O3S/c1-30(28,29)26-14-12-25(13-15-26)21-11-3-2-10-20(21)24-22(27)18-8-4-7-17-16(18)6-5-9-19(17)23/h2-11H,12-15H2,1H3,(H,24,27). The zero-order valence-corrected chi connectivity index (χ0v) is 18.1. The topological polar surface area (TPSA) is 69.7 Å². The predicted octanol–water partition coefficient (Wildman–Crippen LogP) is 3.83. The Bertz CT molecular complexity index is 1210. The molecule has 6 nitrogen and oxygen atoms in total. The molecule has 0 spiro atoms. The van der Waals surface area contributed by atoms with Crippen molar-refractivity contribution < 1.29 is 13.2 Å². The van der Waals surface area contributed by atoms with E-state index in [0.29, 0.717) is 42.5 Å². The second kappa shape index (κ2) is 8.26. The molecule has 1 amide bonds. The van der Waals surface area contributed by atoms with Crippen LogP contribution in [0.25, 0.3) is 10.8 Å². The molecule has 1 fully saturated rings. The molecule has 30 heavy (non-hydrogen) atoms. The fourth-order valence-electron chi connectivity index (χ4n) is 3.78. The monoisotopic (exact) mass is 443 g/mol. The number of hydrogen-bond acceptors (Lipinski definition) is 4. The average Bonchev–Trinajstić information content (AvgIpc) is 2.73. The van der Waals surface area contributed by atoms with E-state index < -0.39 is 10.0 Å². The van der Waals surface area contributed by atoms with Gasteiger partial charge in [-0.2, -0.15) is 4.31 Å². The summed E-state index contributed by atoms with van der Waals surface area (Å²) < 4.78 is 25.0. The number of fused-ring (bicyclic) bond motifs is 1. The lowest BCUT2D eigenvalue weighted by molar-refractivity contribution is 0.102. The molecule has 0 saturated carbocycles. The number of carbonyl (C=O) groups is 1. The minimum atomic E-state index is -3.19. The first-order valence-corrected chi connectivity index (χ1v) is 11.8. The predicted molar refractivity (Wildman–Crippen MR) is 122 cm³/mol. The number of nitrogens with zero attached hydrogens (tertiary/aromatic N) is 2. The van der Waals surface area contributed by atoms with Crippen LogP contribution in [0.5, 0.6) is 0 Å². The van der Waals surface area contributed by atoms with E-state index in [2.05, 4.69) is 10.2 Å². The zero-order valence-electron chi connectivity index (χ0n) is 16.5. The van der Waals surface area contributed by atoms with Crippen molar-refractivity contribution in [3.63, 3.8) is 0 Å². The molecular weight excluding hydrogens is 422 g/mol. The van der Waals surface area contributed by atoms with Gasteiger partial charge in [-0.3, -0.25) is 4.79 Å². The Labute approximate surface area is 181 Å². The lowest BCUT2D eigenvalue weighted by Crippen LogP contribution is -2.48. The van der Waals surface area contributed by atoms with Gasteiger partial charge in [0.1, 0.15) is 0 Å². The van der Waals surface area contributed by atoms with E-state index in [1.54, 1.807) is 12.1 Å². The summed E-state index contributed by atoms with van der Waals surface area (Å²) in [5.74, 6) is -0.218. The zero-order chi connectivity index (χ0) is 21.3. The van der Waals surface area contributed by atoms with Gasteiger partial charge < -0.3 is 10.2 Å². The number of benzene rings is 3. The molecule has 0 radical (unpaired) electrons. The minimum Gasteiger partial charge on any atom is -0.367 e. The lowest BCUT2D eigenvalue weighted by Gasteiger charge is -2.35. The number of piperazine rings is 1. The largest absolute Gasteiger partial charge is 0.367 e. The maximum absolute atomic E-state index is 13.1. The molecule has 0 bridgehead atoms. The van der Waals surface area contributed by atoms with Gasteiger partial charge in [-0.1, -0.05) is 48.0 Å². The Kier molecular flexibility index (Phi) is 5.69. The first-order valence-electron chi connectivity index (χ1n) is 9.62.